The first-order valence-corrected chi connectivity index (χ1v) is 10.4. The van der Waals surface area contributed by atoms with Crippen molar-refractivity contribution in [2.75, 3.05) is 26.6 Å². The summed E-state index contributed by atoms with van der Waals surface area (Å²) in [5, 5.41) is 6.57. The van der Waals surface area contributed by atoms with E-state index in [1.807, 2.05) is 37.3 Å². The molecule has 172 valence electrons. The Morgan fingerprint density at radius 2 is 1.76 bits per heavy atom. The molecule has 0 radical (unpaired) electrons. The van der Waals surface area contributed by atoms with E-state index in [0.717, 1.165) is 11.3 Å². The van der Waals surface area contributed by atoms with E-state index in [2.05, 4.69) is 20.6 Å². The number of carbonyl (C=O) groups is 1. The van der Waals surface area contributed by atoms with Gasteiger partial charge in [-0.3, -0.25) is 15.1 Å². The average Bonchev–Trinajstić information content (AvgIpc) is 2.84. The van der Waals surface area contributed by atoms with Gasteiger partial charge in [-0.1, -0.05) is 23.7 Å². The highest BCUT2D eigenvalue weighted by molar-refractivity contribution is 6.31. The van der Waals surface area contributed by atoms with Gasteiger partial charge in [0.05, 0.1) is 33.6 Å². The van der Waals surface area contributed by atoms with Crippen LogP contribution in [0.2, 0.25) is 5.02 Å². The van der Waals surface area contributed by atoms with Crippen molar-refractivity contribution in [3.63, 3.8) is 0 Å². The van der Waals surface area contributed by atoms with E-state index in [9.17, 15) is 4.79 Å². The van der Waals surface area contributed by atoms with Crippen molar-refractivity contribution in [3.05, 3.63) is 76.6 Å². The molecule has 3 aromatic rings. The van der Waals surface area contributed by atoms with Gasteiger partial charge in [0, 0.05) is 22.5 Å². The number of nitrogens with one attached hydrogen (secondary N) is 2. The number of carbonyl (C=O) groups excluding carboxylic acids is 1. The first kappa shape index (κ1) is 23.9. The molecule has 3 rings (SSSR count). The van der Waals surface area contributed by atoms with E-state index in [1.165, 1.54) is 21.3 Å². The first-order valence-electron chi connectivity index (χ1n) is 10.0. The van der Waals surface area contributed by atoms with Crippen LogP contribution >= 0.6 is 11.6 Å². The Morgan fingerprint density at radius 3 is 2.36 bits per heavy atom. The highest BCUT2D eigenvalue weighted by Gasteiger charge is 2.18. The number of amides is 1. The van der Waals surface area contributed by atoms with Crippen molar-refractivity contribution in [2.45, 2.75) is 13.5 Å². The highest BCUT2D eigenvalue weighted by Crippen LogP contribution is 2.38. The number of ether oxygens (including phenoxy) is 3. The van der Waals surface area contributed by atoms with Gasteiger partial charge >= 0.3 is 0 Å². The van der Waals surface area contributed by atoms with Crippen LogP contribution in [0.5, 0.6) is 17.2 Å². The molecule has 9 heteroatoms. The zero-order valence-corrected chi connectivity index (χ0v) is 19.6. The number of nitrogens with zero attached hydrogens (tertiary/aromatic N) is 2. The predicted molar refractivity (Wildman–Crippen MR) is 129 cm³/mol. The van der Waals surface area contributed by atoms with Crippen molar-refractivity contribution < 1.29 is 19.0 Å². The molecule has 0 saturated heterocycles. The van der Waals surface area contributed by atoms with Crippen LogP contribution in [0.15, 0.2) is 59.7 Å². The summed E-state index contributed by atoms with van der Waals surface area (Å²) in [5.41, 5.74) is 2.60. The summed E-state index contributed by atoms with van der Waals surface area (Å²) in [6.45, 7) is 2.14. The number of aromatic nitrogens is 1. The molecule has 0 unspecified atom stereocenters. The van der Waals surface area contributed by atoms with Gasteiger partial charge in [-0.25, -0.2) is 4.99 Å². The van der Waals surface area contributed by atoms with Gasteiger partial charge in [0.15, 0.2) is 11.5 Å². The SMILES string of the molecule is COc1cc(C(=O)NC(=NCc2ccccn2)Nc2cccc(Cl)c2C)cc(OC)c1OC. The molecule has 2 aromatic carbocycles. The zero-order chi connectivity index (χ0) is 23.8. The van der Waals surface area contributed by atoms with E-state index in [1.54, 1.807) is 24.4 Å². The topological polar surface area (TPSA) is 94.1 Å². The molecule has 0 aliphatic rings. The summed E-state index contributed by atoms with van der Waals surface area (Å²) < 4.78 is 16.0. The maximum absolute atomic E-state index is 13.1. The fourth-order valence-electron chi connectivity index (χ4n) is 3.02. The standard InChI is InChI=1S/C24H25ClN4O4/c1-15-18(25)9-7-10-19(15)28-24(27-14-17-8-5-6-11-26-17)29-23(30)16-12-20(31-2)22(33-4)21(13-16)32-3/h5-13H,14H2,1-4H3,(H2,27,28,29,30). The first-order chi connectivity index (χ1) is 16.0. The van der Waals surface area contributed by atoms with E-state index in [-0.39, 0.29) is 12.5 Å². The summed E-state index contributed by atoms with van der Waals surface area (Å²) >= 11 is 6.25. The quantitative estimate of drug-likeness (QED) is 0.392. The van der Waals surface area contributed by atoms with Crippen LogP contribution < -0.4 is 24.8 Å². The van der Waals surface area contributed by atoms with Crippen molar-refractivity contribution in [3.8, 4) is 17.2 Å². The summed E-state index contributed by atoms with van der Waals surface area (Å²) in [7, 11) is 4.48. The molecular weight excluding hydrogens is 444 g/mol. The normalized spacial score (nSPS) is 11.0. The van der Waals surface area contributed by atoms with Gasteiger partial charge in [-0.05, 0) is 48.9 Å². The second kappa shape index (κ2) is 11.2. The predicted octanol–water partition coefficient (Wildman–Crippen LogP) is 4.47. The number of hydrogen-bond acceptors (Lipinski definition) is 6. The lowest BCUT2D eigenvalue weighted by Crippen LogP contribution is -2.36. The van der Waals surface area contributed by atoms with Crippen molar-refractivity contribution >= 4 is 29.2 Å². The number of hydrogen-bond donors (Lipinski definition) is 2. The van der Waals surface area contributed by atoms with Crippen molar-refractivity contribution in [2.24, 2.45) is 4.99 Å². The monoisotopic (exact) mass is 468 g/mol. The minimum Gasteiger partial charge on any atom is -0.493 e. The van der Waals surface area contributed by atoms with Gasteiger partial charge in [0.25, 0.3) is 5.91 Å². The van der Waals surface area contributed by atoms with E-state index < -0.39 is 5.91 Å². The van der Waals surface area contributed by atoms with Crippen LogP contribution in [0.1, 0.15) is 21.6 Å². The molecular formula is C24H25ClN4O4. The second-order valence-electron chi connectivity index (χ2n) is 6.89. The molecule has 0 bridgehead atoms. The molecule has 0 atom stereocenters. The number of aliphatic imine (C=N–C) groups is 1. The summed E-state index contributed by atoms with van der Waals surface area (Å²) in [6.07, 6.45) is 1.69. The maximum Gasteiger partial charge on any atom is 0.258 e. The summed E-state index contributed by atoms with van der Waals surface area (Å²) in [5.74, 6) is 0.958. The third-order valence-corrected chi connectivity index (χ3v) is 5.21. The second-order valence-corrected chi connectivity index (χ2v) is 7.30. The number of anilines is 1. The van der Waals surface area contributed by atoms with Crippen molar-refractivity contribution in [1.29, 1.82) is 0 Å². The Kier molecular flexibility index (Phi) is 8.10. The Labute approximate surface area is 197 Å². The molecule has 8 nitrogen and oxygen atoms in total. The summed E-state index contributed by atoms with van der Waals surface area (Å²) in [6, 6.07) is 14.1. The number of benzene rings is 2. The van der Waals surface area contributed by atoms with Gasteiger partial charge in [-0.15, -0.1) is 0 Å². The molecule has 1 aromatic heterocycles. The number of halogens is 1. The lowest BCUT2D eigenvalue weighted by Gasteiger charge is -2.16. The minimum atomic E-state index is -0.416. The van der Waals surface area contributed by atoms with Gasteiger partial charge in [0.2, 0.25) is 11.7 Å². The van der Waals surface area contributed by atoms with Gasteiger partial charge in [0.1, 0.15) is 0 Å². The summed E-state index contributed by atoms with van der Waals surface area (Å²) in [4.78, 5) is 21.9. The van der Waals surface area contributed by atoms with E-state index in [4.69, 9.17) is 25.8 Å². The van der Waals surface area contributed by atoms with Crippen LogP contribution in [0.3, 0.4) is 0 Å². The molecule has 0 fully saturated rings. The average molecular weight is 469 g/mol. The molecule has 2 N–H and O–H groups in total. The molecule has 33 heavy (non-hydrogen) atoms. The number of pyridine rings is 1. The number of rotatable bonds is 7. The molecule has 0 spiro atoms. The Balaban J connectivity index is 1.92. The molecule has 0 aliphatic carbocycles. The fourth-order valence-corrected chi connectivity index (χ4v) is 3.20. The van der Waals surface area contributed by atoms with Crippen LogP contribution in [0.25, 0.3) is 0 Å². The van der Waals surface area contributed by atoms with Gasteiger partial charge < -0.3 is 19.5 Å². The highest BCUT2D eigenvalue weighted by atomic mass is 35.5. The minimum absolute atomic E-state index is 0.241. The number of methoxy groups -OCH3 is 3. The fraction of sp³-hybridized carbons (Fsp3) is 0.208. The zero-order valence-electron chi connectivity index (χ0n) is 18.8. The van der Waals surface area contributed by atoms with Gasteiger partial charge in [-0.2, -0.15) is 0 Å². The lowest BCUT2D eigenvalue weighted by atomic mass is 10.1. The largest absolute Gasteiger partial charge is 0.493 e. The number of guanidine groups is 1. The van der Waals surface area contributed by atoms with Crippen LogP contribution in [0.4, 0.5) is 5.69 Å². The van der Waals surface area contributed by atoms with Crippen LogP contribution in [0, 0.1) is 6.92 Å². The molecule has 1 amide bonds. The smallest absolute Gasteiger partial charge is 0.258 e. The van der Waals surface area contributed by atoms with Crippen LogP contribution in [-0.4, -0.2) is 38.2 Å². The third-order valence-electron chi connectivity index (χ3n) is 4.80. The Hall–Kier alpha value is -3.78. The Bertz CT molecular complexity index is 1130. The van der Waals surface area contributed by atoms with Crippen LogP contribution in [-0.2, 0) is 6.54 Å². The molecule has 0 saturated carbocycles. The van der Waals surface area contributed by atoms with E-state index in [0.29, 0.717) is 33.5 Å². The third kappa shape index (κ3) is 5.93. The molecule has 0 aliphatic heterocycles. The lowest BCUT2D eigenvalue weighted by molar-refractivity contribution is 0.0976. The Morgan fingerprint density at radius 1 is 1.03 bits per heavy atom. The maximum atomic E-state index is 13.1. The molecule has 1 heterocycles. The van der Waals surface area contributed by atoms with E-state index >= 15 is 0 Å². The van der Waals surface area contributed by atoms with Crippen molar-refractivity contribution in [1.82, 2.24) is 10.3 Å².